The highest BCUT2D eigenvalue weighted by Crippen LogP contribution is 2.25. The van der Waals surface area contributed by atoms with Gasteiger partial charge in [-0.25, -0.2) is 0 Å². The summed E-state index contributed by atoms with van der Waals surface area (Å²) < 4.78 is 5.26. The van der Waals surface area contributed by atoms with Crippen molar-refractivity contribution in [2.45, 2.75) is 12.5 Å². The lowest BCUT2D eigenvalue weighted by Gasteiger charge is -2.15. The van der Waals surface area contributed by atoms with E-state index >= 15 is 0 Å². The van der Waals surface area contributed by atoms with Gasteiger partial charge in [0.15, 0.2) is 0 Å². The molecule has 0 saturated heterocycles. The van der Waals surface area contributed by atoms with E-state index in [9.17, 15) is 0 Å². The van der Waals surface area contributed by atoms with Crippen LogP contribution < -0.4 is 10.5 Å². The third-order valence-corrected chi connectivity index (χ3v) is 3.71. The summed E-state index contributed by atoms with van der Waals surface area (Å²) in [6.07, 6.45) is 4.46. The van der Waals surface area contributed by atoms with Crippen molar-refractivity contribution in [3.05, 3.63) is 72.1 Å². The molecule has 3 aromatic rings. The molecule has 3 heteroatoms. The predicted molar refractivity (Wildman–Crippen MR) is 85.4 cm³/mol. The van der Waals surface area contributed by atoms with E-state index in [0.29, 0.717) is 0 Å². The van der Waals surface area contributed by atoms with Crippen molar-refractivity contribution < 1.29 is 4.74 Å². The second kappa shape index (κ2) is 5.94. The zero-order chi connectivity index (χ0) is 14.7. The maximum atomic E-state index is 6.42. The van der Waals surface area contributed by atoms with Gasteiger partial charge in [-0.2, -0.15) is 0 Å². The molecule has 0 bridgehead atoms. The van der Waals surface area contributed by atoms with Crippen molar-refractivity contribution in [2.75, 3.05) is 7.11 Å². The smallest absolute Gasteiger partial charge is 0.119 e. The van der Waals surface area contributed by atoms with Gasteiger partial charge in [0.1, 0.15) is 5.75 Å². The van der Waals surface area contributed by atoms with Crippen molar-refractivity contribution in [3.63, 3.8) is 0 Å². The Balaban J connectivity index is 1.91. The molecule has 0 amide bonds. The number of rotatable bonds is 4. The normalized spacial score (nSPS) is 12.3. The largest absolute Gasteiger partial charge is 0.497 e. The number of methoxy groups -OCH3 is 1. The fraction of sp³-hybridized carbons (Fsp3) is 0.167. The van der Waals surface area contributed by atoms with Crippen LogP contribution in [-0.4, -0.2) is 12.1 Å². The van der Waals surface area contributed by atoms with Gasteiger partial charge in [0, 0.05) is 23.8 Å². The number of hydrogen-bond acceptors (Lipinski definition) is 3. The van der Waals surface area contributed by atoms with Crippen LogP contribution in [0.2, 0.25) is 0 Å². The van der Waals surface area contributed by atoms with Crippen molar-refractivity contribution >= 4 is 10.8 Å². The van der Waals surface area contributed by atoms with Gasteiger partial charge >= 0.3 is 0 Å². The van der Waals surface area contributed by atoms with E-state index < -0.39 is 0 Å². The van der Waals surface area contributed by atoms with Gasteiger partial charge in [-0.15, -0.1) is 0 Å². The summed E-state index contributed by atoms with van der Waals surface area (Å²) in [5.74, 6) is 0.860. The number of nitrogens with zero attached hydrogens (tertiary/aromatic N) is 1. The summed E-state index contributed by atoms with van der Waals surface area (Å²) in [7, 11) is 1.68. The van der Waals surface area contributed by atoms with E-state index in [0.717, 1.165) is 23.1 Å². The van der Waals surface area contributed by atoms with Crippen LogP contribution in [0.3, 0.4) is 0 Å². The van der Waals surface area contributed by atoms with Crippen molar-refractivity contribution in [1.29, 1.82) is 0 Å². The minimum atomic E-state index is -0.0648. The van der Waals surface area contributed by atoms with Gasteiger partial charge in [0.05, 0.1) is 7.11 Å². The molecule has 1 unspecified atom stereocenters. The Hall–Kier alpha value is -2.39. The Morgan fingerprint density at radius 3 is 2.86 bits per heavy atom. The van der Waals surface area contributed by atoms with Gasteiger partial charge in [-0.3, -0.25) is 4.98 Å². The molecule has 3 nitrogen and oxygen atoms in total. The maximum absolute atomic E-state index is 6.42. The Morgan fingerprint density at radius 2 is 2.00 bits per heavy atom. The molecule has 0 aliphatic heterocycles. The number of pyridine rings is 1. The van der Waals surface area contributed by atoms with E-state index in [4.69, 9.17) is 10.5 Å². The number of nitrogens with two attached hydrogens (primary N) is 1. The average molecular weight is 278 g/mol. The number of benzene rings is 2. The quantitative estimate of drug-likeness (QED) is 0.794. The van der Waals surface area contributed by atoms with Crippen LogP contribution in [0.1, 0.15) is 17.2 Å². The van der Waals surface area contributed by atoms with Gasteiger partial charge in [-0.1, -0.05) is 30.3 Å². The van der Waals surface area contributed by atoms with Crippen LogP contribution in [0.4, 0.5) is 0 Å². The van der Waals surface area contributed by atoms with E-state index in [1.165, 1.54) is 10.9 Å². The molecule has 2 aromatic carbocycles. The minimum absolute atomic E-state index is 0.0648. The molecule has 2 N–H and O–H groups in total. The number of aromatic nitrogens is 1. The molecule has 1 atom stereocenters. The molecular weight excluding hydrogens is 260 g/mol. The molecule has 106 valence electrons. The lowest BCUT2D eigenvalue weighted by molar-refractivity contribution is 0.414. The number of ether oxygens (including phenoxy) is 1. The highest BCUT2D eigenvalue weighted by atomic mass is 16.5. The van der Waals surface area contributed by atoms with Crippen LogP contribution >= 0.6 is 0 Å². The Bertz CT molecular complexity index is 750. The summed E-state index contributed by atoms with van der Waals surface area (Å²) in [6.45, 7) is 0. The molecule has 0 aliphatic carbocycles. The van der Waals surface area contributed by atoms with Gasteiger partial charge in [0.2, 0.25) is 0 Å². The summed E-state index contributed by atoms with van der Waals surface area (Å²) in [5.41, 5.74) is 8.71. The molecule has 1 aromatic heterocycles. The third kappa shape index (κ3) is 2.88. The van der Waals surface area contributed by atoms with Crippen molar-refractivity contribution in [3.8, 4) is 5.75 Å². The van der Waals surface area contributed by atoms with Crippen LogP contribution in [-0.2, 0) is 6.42 Å². The Morgan fingerprint density at radius 1 is 1.14 bits per heavy atom. The van der Waals surface area contributed by atoms with E-state index in [2.05, 4.69) is 23.2 Å². The average Bonchev–Trinajstić information content (AvgIpc) is 2.54. The van der Waals surface area contributed by atoms with Crippen LogP contribution in [0, 0.1) is 0 Å². The summed E-state index contributed by atoms with van der Waals surface area (Å²) in [4.78, 5) is 4.21. The Kier molecular flexibility index (Phi) is 3.84. The first-order valence-corrected chi connectivity index (χ1v) is 6.99. The standard InChI is InChI=1S/C18H18N2O/c1-21-15-6-2-4-13(10-15)11-18(19)16-7-3-5-14-8-9-20-12-17(14)16/h2-10,12,18H,11,19H2,1H3. The van der Waals surface area contributed by atoms with E-state index in [1.54, 1.807) is 13.3 Å². The fourth-order valence-electron chi connectivity index (χ4n) is 2.62. The van der Waals surface area contributed by atoms with E-state index in [1.807, 2.05) is 36.5 Å². The summed E-state index contributed by atoms with van der Waals surface area (Å²) in [6, 6.07) is 16.2. The van der Waals surface area contributed by atoms with Crippen LogP contribution in [0.15, 0.2) is 60.9 Å². The first kappa shape index (κ1) is 13.6. The maximum Gasteiger partial charge on any atom is 0.119 e. The topological polar surface area (TPSA) is 48.1 Å². The SMILES string of the molecule is COc1cccc(CC(N)c2cccc3ccncc23)c1. The minimum Gasteiger partial charge on any atom is -0.497 e. The summed E-state index contributed by atoms with van der Waals surface area (Å²) >= 11 is 0. The van der Waals surface area contributed by atoms with Gasteiger partial charge < -0.3 is 10.5 Å². The monoisotopic (exact) mass is 278 g/mol. The highest BCUT2D eigenvalue weighted by molar-refractivity contribution is 5.85. The van der Waals surface area contributed by atoms with E-state index in [-0.39, 0.29) is 6.04 Å². The Labute approximate surface area is 124 Å². The summed E-state index contributed by atoms with van der Waals surface area (Å²) in [5, 5.41) is 2.29. The van der Waals surface area contributed by atoms with Gasteiger partial charge in [0.25, 0.3) is 0 Å². The molecule has 1 heterocycles. The lowest BCUT2D eigenvalue weighted by atomic mass is 9.95. The fourth-order valence-corrected chi connectivity index (χ4v) is 2.62. The second-order valence-corrected chi connectivity index (χ2v) is 5.11. The first-order valence-electron chi connectivity index (χ1n) is 6.99. The highest BCUT2D eigenvalue weighted by Gasteiger charge is 2.11. The molecule has 0 spiro atoms. The number of hydrogen-bond donors (Lipinski definition) is 1. The molecule has 0 radical (unpaired) electrons. The molecule has 0 saturated carbocycles. The lowest BCUT2D eigenvalue weighted by Crippen LogP contribution is -2.13. The number of fused-ring (bicyclic) bond motifs is 1. The molecule has 3 rings (SSSR count). The third-order valence-electron chi connectivity index (χ3n) is 3.71. The molecule has 0 aliphatic rings. The zero-order valence-electron chi connectivity index (χ0n) is 12.0. The predicted octanol–water partition coefficient (Wildman–Crippen LogP) is 3.49. The van der Waals surface area contributed by atoms with Crippen molar-refractivity contribution in [2.24, 2.45) is 5.73 Å². The van der Waals surface area contributed by atoms with Crippen molar-refractivity contribution in [1.82, 2.24) is 4.98 Å². The molecule has 21 heavy (non-hydrogen) atoms. The molecule has 0 fully saturated rings. The first-order chi connectivity index (χ1) is 10.3. The second-order valence-electron chi connectivity index (χ2n) is 5.11. The molecular formula is C18H18N2O. The van der Waals surface area contributed by atoms with Crippen LogP contribution in [0.25, 0.3) is 10.8 Å². The van der Waals surface area contributed by atoms with Crippen LogP contribution in [0.5, 0.6) is 5.75 Å². The van der Waals surface area contributed by atoms with Gasteiger partial charge in [-0.05, 0) is 41.1 Å². The zero-order valence-corrected chi connectivity index (χ0v) is 12.0.